The summed E-state index contributed by atoms with van der Waals surface area (Å²) in [6.45, 7) is 8.61. The zero-order valence-electron chi connectivity index (χ0n) is 13.7. The molecule has 1 heterocycles. The lowest BCUT2D eigenvalue weighted by molar-refractivity contribution is 0.446. The highest BCUT2D eigenvalue weighted by Gasteiger charge is 2.24. The average Bonchev–Trinajstić information content (AvgIpc) is 2.52. The van der Waals surface area contributed by atoms with Crippen molar-refractivity contribution >= 4 is 5.69 Å². The second kappa shape index (κ2) is 7.79. The predicted molar refractivity (Wildman–Crippen MR) is 88.4 cm³/mol. The van der Waals surface area contributed by atoms with Crippen molar-refractivity contribution in [2.24, 2.45) is 0 Å². The van der Waals surface area contributed by atoms with E-state index >= 15 is 0 Å². The van der Waals surface area contributed by atoms with Crippen LogP contribution < -0.4 is 10.2 Å². The molecule has 0 spiro atoms. The van der Waals surface area contributed by atoms with Gasteiger partial charge in [0.15, 0.2) is 0 Å². The Hall–Kier alpha value is -1.09. The van der Waals surface area contributed by atoms with E-state index in [0.717, 1.165) is 31.5 Å². The highest BCUT2D eigenvalue weighted by Crippen LogP contribution is 2.33. The second-order valence-electron chi connectivity index (χ2n) is 6.13. The maximum absolute atomic E-state index is 13.7. The number of piperidine rings is 1. The van der Waals surface area contributed by atoms with Crippen LogP contribution in [0.3, 0.4) is 0 Å². The minimum absolute atomic E-state index is 0.135. The standard InChI is InChI=1S/C18H29FN2/c1-4-11-20-14(3)17-13-15(19)9-10-18(17)21-12-7-6-8-16(21)5-2/h9-10,13-14,16,20H,4-8,11-12H2,1-3H3. The normalized spacial score (nSPS) is 20.6. The average molecular weight is 292 g/mol. The van der Waals surface area contributed by atoms with Gasteiger partial charge in [-0.05, 0) is 69.3 Å². The highest BCUT2D eigenvalue weighted by atomic mass is 19.1. The van der Waals surface area contributed by atoms with E-state index in [-0.39, 0.29) is 11.9 Å². The number of nitrogens with zero attached hydrogens (tertiary/aromatic N) is 1. The molecule has 1 aromatic rings. The van der Waals surface area contributed by atoms with Crippen LogP contribution >= 0.6 is 0 Å². The summed E-state index contributed by atoms with van der Waals surface area (Å²) in [5.41, 5.74) is 2.32. The quantitative estimate of drug-likeness (QED) is 0.820. The van der Waals surface area contributed by atoms with Gasteiger partial charge in [0, 0.05) is 24.3 Å². The molecule has 1 aliphatic heterocycles. The van der Waals surface area contributed by atoms with Gasteiger partial charge in [-0.3, -0.25) is 0 Å². The summed E-state index contributed by atoms with van der Waals surface area (Å²) in [7, 11) is 0. The molecule has 1 saturated heterocycles. The third-order valence-corrected chi connectivity index (χ3v) is 4.56. The minimum atomic E-state index is -0.135. The van der Waals surface area contributed by atoms with Crippen LogP contribution in [0.2, 0.25) is 0 Å². The minimum Gasteiger partial charge on any atom is -0.368 e. The van der Waals surface area contributed by atoms with Gasteiger partial charge in [0.25, 0.3) is 0 Å². The first-order valence-electron chi connectivity index (χ1n) is 8.46. The molecular weight excluding hydrogens is 263 g/mol. The molecule has 0 radical (unpaired) electrons. The summed E-state index contributed by atoms with van der Waals surface area (Å²) in [5.74, 6) is -0.135. The van der Waals surface area contributed by atoms with Crippen LogP contribution in [0.5, 0.6) is 0 Å². The van der Waals surface area contributed by atoms with Gasteiger partial charge in [-0.15, -0.1) is 0 Å². The van der Waals surface area contributed by atoms with Crippen LogP contribution in [0.4, 0.5) is 10.1 Å². The molecular formula is C18H29FN2. The first-order chi connectivity index (χ1) is 10.2. The van der Waals surface area contributed by atoms with Gasteiger partial charge in [-0.1, -0.05) is 13.8 Å². The van der Waals surface area contributed by atoms with Crippen molar-refractivity contribution in [2.45, 2.75) is 65.0 Å². The van der Waals surface area contributed by atoms with Crippen LogP contribution in [0.25, 0.3) is 0 Å². The van der Waals surface area contributed by atoms with Gasteiger partial charge in [-0.25, -0.2) is 4.39 Å². The lowest BCUT2D eigenvalue weighted by Crippen LogP contribution is -2.40. The van der Waals surface area contributed by atoms with Crippen LogP contribution in [0.1, 0.15) is 64.5 Å². The molecule has 0 aromatic heterocycles. The number of anilines is 1. The van der Waals surface area contributed by atoms with Crippen molar-refractivity contribution in [1.82, 2.24) is 5.32 Å². The maximum Gasteiger partial charge on any atom is 0.123 e. The van der Waals surface area contributed by atoms with E-state index in [1.807, 2.05) is 6.07 Å². The highest BCUT2D eigenvalue weighted by molar-refractivity contribution is 5.56. The van der Waals surface area contributed by atoms with Crippen molar-refractivity contribution in [2.75, 3.05) is 18.0 Å². The summed E-state index contributed by atoms with van der Waals surface area (Å²) in [6, 6.07) is 6.08. The number of benzene rings is 1. The Bertz CT molecular complexity index is 447. The molecule has 3 heteroatoms. The fraction of sp³-hybridized carbons (Fsp3) is 0.667. The first-order valence-corrected chi connectivity index (χ1v) is 8.46. The van der Waals surface area contributed by atoms with Gasteiger partial charge in [0.05, 0.1) is 0 Å². The van der Waals surface area contributed by atoms with Gasteiger partial charge in [0.1, 0.15) is 5.82 Å². The third-order valence-electron chi connectivity index (χ3n) is 4.56. The van der Waals surface area contributed by atoms with Gasteiger partial charge in [0.2, 0.25) is 0 Å². The summed E-state index contributed by atoms with van der Waals surface area (Å²) in [6.07, 6.45) is 6.06. The smallest absolute Gasteiger partial charge is 0.123 e. The van der Waals surface area contributed by atoms with Gasteiger partial charge >= 0.3 is 0 Å². The zero-order chi connectivity index (χ0) is 15.2. The number of hydrogen-bond donors (Lipinski definition) is 1. The van der Waals surface area contributed by atoms with Crippen molar-refractivity contribution in [3.63, 3.8) is 0 Å². The van der Waals surface area contributed by atoms with Crippen molar-refractivity contribution in [3.05, 3.63) is 29.6 Å². The summed E-state index contributed by atoms with van der Waals surface area (Å²) in [5, 5.41) is 3.49. The molecule has 118 valence electrons. The van der Waals surface area contributed by atoms with E-state index in [1.54, 1.807) is 12.1 Å². The maximum atomic E-state index is 13.7. The predicted octanol–water partition coefficient (Wildman–Crippen LogP) is 4.66. The molecule has 0 bridgehead atoms. The molecule has 0 saturated carbocycles. The Morgan fingerprint density at radius 3 is 2.86 bits per heavy atom. The molecule has 1 aliphatic rings. The van der Waals surface area contributed by atoms with E-state index in [2.05, 4.69) is 31.0 Å². The molecule has 2 unspecified atom stereocenters. The molecule has 0 amide bonds. The molecule has 2 atom stereocenters. The second-order valence-corrected chi connectivity index (χ2v) is 6.13. The number of rotatable bonds is 6. The monoisotopic (exact) mass is 292 g/mol. The number of halogens is 1. The molecule has 21 heavy (non-hydrogen) atoms. The van der Waals surface area contributed by atoms with E-state index in [4.69, 9.17) is 0 Å². The van der Waals surface area contributed by atoms with Gasteiger partial charge in [-0.2, -0.15) is 0 Å². The molecule has 0 aliphatic carbocycles. The number of hydrogen-bond acceptors (Lipinski definition) is 2. The Kier molecular flexibility index (Phi) is 6.04. The summed E-state index contributed by atoms with van der Waals surface area (Å²) >= 11 is 0. The van der Waals surface area contributed by atoms with Crippen molar-refractivity contribution in [1.29, 1.82) is 0 Å². The largest absolute Gasteiger partial charge is 0.368 e. The number of nitrogens with one attached hydrogen (secondary N) is 1. The summed E-state index contributed by atoms with van der Waals surface area (Å²) in [4.78, 5) is 2.50. The SMILES string of the molecule is CCCNC(C)c1cc(F)ccc1N1CCCCC1CC. The molecule has 2 nitrogen and oxygen atoms in total. The van der Waals surface area contributed by atoms with Crippen LogP contribution in [-0.4, -0.2) is 19.1 Å². The van der Waals surface area contributed by atoms with E-state index in [1.165, 1.54) is 24.9 Å². The van der Waals surface area contributed by atoms with E-state index in [0.29, 0.717) is 6.04 Å². The Morgan fingerprint density at radius 2 is 2.14 bits per heavy atom. The summed E-state index contributed by atoms with van der Waals surface area (Å²) < 4.78 is 13.7. The van der Waals surface area contributed by atoms with Crippen molar-refractivity contribution < 1.29 is 4.39 Å². The van der Waals surface area contributed by atoms with Crippen LogP contribution in [0, 0.1) is 5.82 Å². The van der Waals surface area contributed by atoms with Crippen molar-refractivity contribution in [3.8, 4) is 0 Å². The first kappa shape index (κ1) is 16.3. The Morgan fingerprint density at radius 1 is 1.33 bits per heavy atom. The molecule has 1 fully saturated rings. The fourth-order valence-corrected chi connectivity index (χ4v) is 3.35. The molecule has 2 rings (SSSR count). The van der Waals surface area contributed by atoms with Crippen LogP contribution in [0.15, 0.2) is 18.2 Å². The molecule has 1 N–H and O–H groups in total. The van der Waals surface area contributed by atoms with E-state index < -0.39 is 0 Å². The van der Waals surface area contributed by atoms with E-state index in [9.17, 15) is 4.39 Å². The topological polar surface area (TPSA) is 15.3 Å². The molecule has 1 aromatic carbocycles. The Labute approximate surface area is 128 Å². The van der Waals surface area contributed by atoms with Crippen LogP contribution in [-0.2, 0) is 0 Å². The zero-order valence-corrected chi connectivity index (χ0v) is 13.7. The third kappa shape index (κ3) is 3.97. The van der Waals surface area contributed by atoms with Gasteiger partial charge < -0.3 is 10.2 Å². The Balaban J connectivity index is 2.28. The fourth-order valence-electron chi connectivity index (χ4n) is 3.35. The lowest BCUT2D eigenvalue weighted by Gasteiger charge is -2.39. The lowest BCUT2D eigenvalue weighted by atomic mass is 9.96.